The van der Waals surface area contributed by atoms with Crippen molar-refractivity contribution >= 4 is 27.4 Å². The lowest BCUT2D eigenvalue weighted by Gasteiger charge is -2.30. The molecule has 0 spiro atoms. The Labute approximate surface area is 248 Å². The van der Waals surface area contributed by atoms with Gasteiger partial charge in [0.25, 0.3) is 12.1 Å². The number of nitrogens with two attached hydrogens (primary N) is 2. The van der Waals surface area contributed by atoms with E-state index in [0.717, 1.165) is 0 Å². The number of carbonyl (C=O) groups is 1. The number of rotatable bonds is 11. The Morgan fingerprint density at radius 2 is 1.68 bits per heavy atom. The number of phosphoric ester groups is 2. The van der Waals surface area contributed by atoms with Gasteiger partial charge in [0.1, 0.15) is 60.1 Å². The van der Waals surface area contributed by atoms with Crippen LogP contribution in [0.2, 0.25) is 0 Å². The first-order valence-corrected chi connectivity index (χ1v) is 16.0. The van der Waals surface area contributed by atoms with Crippen molar-refractivity contribution < 1.29 is 71.5 Å². The quantitative estimate of drug-likeness (QED) is 0.0782. The summed E-state index contributed by atoms with van der Waals surface area (Å²) in [4.78, 5) is 37.1. The summed E-state index contributed by atoms with van der Waals surface area (Å²) in [7, 11) is -10.7. The molecule has 21 nitrogen and oxygen atoms in total. The van der Waals surface area contributed by atoms with Crippen LogP contribution in [0.3, 0.4) is 0 Å². The maximum absolute atomic E-state index is 12.4. The first-order valence-electron chi connectivity index (χ1n) is 13.0. The summed E-state index contributed by atoms with van der Waals surface area (Å²) >= 11 is 0. The SMILES string of the molecule is NC(=O)c1ccc[n+]([C@@H]2O[C@H](COP(=O)(O)OP(=O)(O)OC[C@H]3O[C@@H](N4CNC5=C4NCN=C5N)[C@H](O)[C@@H]3O)[C@@H](O)[C@H]2O)c1. The number of pyridine rings is 1. The Morgan fingerprint density at radius 3 is 2.34 bits per heavy atom. The van der Waals surface area contributed by atoms with Crippen LogP contribution in [-0.4, -0.2) is 116 Å². The van der Waals surface area contributed by atoms with Gasteiger partial charge in [-0.2, -0.15) is 8.88 Å². The van der Waals surface area contributed by atoms with Crippen LogP contribution >= 0.6 is 15.6 Å². The zero-order valence-corrected chi connectivity index (χ0v) is 24.4. The highest BCUT2D eigenvalue weighted by molar-refractivity contribution is 7.61. The highest BCUT2D eigenvalue weighted by Gasteiger charge is 2.51. The van der Waals surface area contributed by atoms with Crippen molar-refractivity contribution in [2.45, 2.75) is 49.1 Å². The number of hydrogen-bond acceptors (Lipinski definition) is 17. The second-order valence-corrected chi connectivity index (χ2v) is 13.1. The van der Waals surface area contributed by atoms with Crippen LogP contribution in [0.25, 0.3) is 0 Å². The second kappa shape index (κ2) is 12.6. The fraction of sp³-hybridized carbons (Fsp3) is 0.571. The average Bonchev–Trinajstić information content (AvgIpc) is 3.61. The molecule has 1 aromatic rings. The summed E-state index contributed by atoms with van der Waals surface area (Å²) in [6.45, 7) is -1.46. The number of ether oxygens (including phenoxy) is 2. The van der Waals surface area contributed by atoms with E-state index in [4.69, 9.17) is 30.0 Å². The van der Waals surface area contributed by atoms with Gasteiger partial charge in [-0.1, -0.05) is 0 Å². The van der Waals surface area contributed by atoms with Crippen molar-refractivity contribution in [3.63, 3.8) is 0 Å². The molecule has 23 heteroatoms. The van der Waals surface area contributed by atoms with Gasteiger partial charge >= 0.3 is 15.6 Å². The number of nitrogens with one attached hydrogen (secondary N) is 2. The molecule has 1 aromatic heterocycles. The molecule has 1 amide bonds. The van der Waals surface area contributed by atoms with Crippen molar-refractivity contribution in [1.29, 1.82) is 0 Å². The Bertz CT molecular complexity index is 1430. The van der Waals surface area contributed by atoms with E-state index >= 15 is 0 Å². The zero-order chi connectivity index (χ0) is 32.0. The molecule has 4 aliphatic rings. The van der Waals surface area contributed by atoms with Crippen molar-refractivity contribution in [1.82, 2.24) is 15.5 Å². The van der Waals surface area contributed by atoms with E-state index in [9.17, 15) is 44.1 Å². The average molecular weight is 668 g/mol. The van der Waals surface area contributed by atoms with Gasteiger partial charge in [-0.25, -0.2) is 14.1 Å². The maximum atomic E-state index is 12.4. The van der Waals surface area contributed by atoms with Crippen LogP contribution in [-0.2, 0) is 32.0 Å². The molecule has 10 atom stereocenters. The van der Waals surface area contributed by atoms with Gasteiger partial charge in [0.15, 0.2) is 24.7 Å². The largest absolute Gasteiger partial charge is 0.481 e. The highest BCUT2D eigenvalue weighted by atomic mass is 31.3. The van der Waals surface area contributed by atoms with Gasteiger partial charge in [0, 0.05) is 6.07 Å². The van der Waals surface area contributed by atoms with Crippen molar-refractivity contribution in [3.8, 4) is 0 Å². The molecule has 44 heavy (non-hydrogen) atoms. The monoisotopic (exact) mass is 668 g/mol. The normalized spacial score (nSPS) is 34.5. The van der Waals surface area contributed by atoms with Gasteiger partial charge in [0.2, 0.25) is 0 Å². The Hall–Kier alpha value is -2.75. The minimum absolute atomic E-state index is 0.0750. The number of aliphatic hydroxyl groups is 4. The van der Waals surface area contributed by atoms with Gasteiger partial charge in [-0.3, -0.25) is 13.8 Å². The van der Waals surface area contributed by atoms with E-state index in [1.54, 1.807) is 0 Å². The molecule has 0 radical (unpaired) electrons. The summed E-state index contributed by atoms with van der Waals surface area (Å²) in [5.74, 6) is -0.0795. The number of phosphoric acid groups is 2. The van der Waals surface area contributed by atoms with E-state index < -0.39 is 83.8 Å². The number of aliphatic hydroxyl groups excluding tert-OH is 4. The molecule has 2 fully saturated rings. The standard InChI is InChI=1S/C21H31N7O14P2/c22-17-12-19(25-7-24-17)28(8-26-12)21-16(32)14(30)11(41-21)6-39-44(36,37)42-43(34,35)38-5-10-13(29)15(31)20(40-10)27-3-1-2-9(4-27)18(23)33/h1-4,10-11,13-16,20-21,26,29-32H,5-8H2,(H6-,22,23,24,25,33,34,35,36,37)/p+1/t10-,11-,13-,14-,15-,16-,20-,21-/m1/s1. The third-order valence-electron chi connectivity index (χ3n) is 7.09. The molecule has 0 saturated carbocycles. The topological polar surface area (TPSA) is 314 Å². The summed E-state index contributed by atoms with van der Waals surface area (Å²) in [5.41, 5.74) is 11.6. The number of aliphatic imine (C=N–C) groups is 1. The summed E-state index contributed by atoms with van der Waals surface area (Å²) < 4.78 is 51.0. The predicted octanol–water partition coefficient (Wildman–Crippen LogP) is -4.66. The molecule has 0 aromatic carbocycles. The van der Waals surface area contributed by atoms with Crippen molar-refractivity contribution in [3.05, 3.63) is 41.6 Å². The lowest BCUT2D eigenvalue weighted by atomic mass is 10.1. The van der Waals surface area contributed by atoms with E-state index in [2.05, 4.69) is 19.9 Å². The fourth-order valence-electron chi connectivity index (χ4n) is 4.92. The second-order valence-electron chi connectivity index (χ2n) is 10.0. The number of amidine groups is 1. The van der Waals surface area contributed by atoms with E-state index in [1.165, 1.54) is 34.0 Å². The third kappa shape index (κ3) is 6.75. The minimum Gasteiger partial charge on any atom is -0.387 e. The van der Waals surface area contributed by atoms with E-state index in [1.807, 2.05) is 0 Å². The highest BCUT2D eigenvalue weighted by Crippen LogP contribution is 2.60. The van der Waals surface area contributed by atoms with Gasteiger partial charge in [-0.15, -0.1) is 0 Å². The molecule has 2 unspecified atom stereocenters. The third-order valence-corrected chi connectivity index (χ3v) is 9.70. The van der Waals surface area contributed by atoms with E-state index in [0.29, 0.717) is 11.5 Å². The Kier molecular flexibility index (Phi) is 9.32. The number of amides is 1. The number of hydrogen-bond donors (Lipinski definition) is 10. The van der Waals surface area contributed by atoms with Crippen LogP contribution in [0.1, 0.15) is 16.6 Å². The summed E-state index contributed by atoms with van der Waals surface area (Å²) in [5, 5.41) is 47.7. The molecule has 5 heterocycles. The maximum Gasteiger partial charge on any atom is 0.481 e. The molecular weight excluding hydrogens is 636 g/mol. The molecule has 0 aliphatic carbocycles. The molecule has 2 saturated heterocycles. The predicted molar refractivity (Wildman–Crippen MR) is 141 cm³/mol. The Balaban J connectivity index is 1.13. The molecule has 0 bridgehead atoms. The van der Waals surface area contributed by atoms with Crippen molar-refractivity contribution in [2.24, 2.45) is 16.5 Å². The molecule has 12 N–H and O–H groups in total. The number of nitrogens with zero attached hydrogens (tertiary/aromatic N) is 3. The summed E-state index contributed by atoms with van der Waals surface area (Å²) in [6, 6.07) is 2.85. The first kappa shape index (κ1) is 32.6. The van der Waals surface area contributed by atoms with Gasteiger partial charge in [0.05, 0.1) is 19.9 Å². The van der Waals surface area contributed by atoms with Gasteiger partial charge < -0.3 is 66.7 Å². The first-order chi connectivity index (χ1) is 20.7. The molecule has 5 rings (SSSR count). The lowest BCUT2D eigenvalue weighted by molar-refractivity contribution is -0.765. The zero-order valence-electron chi connectivity index (χ0n) is 22.6. The molecular formula is C21H32N7O14P2+. The van der Waals surface area contributed by atoms with Crippen molar-refractivity contribution in [2.75, 3.05) is 26.6 Å². The number of primary amides is 1. The minimum atomic E-state index is -5.35. The fourth-order valence-corrected chi connectivity index (χ4v) is 7.01. The van der Waals surface area contributed by atoms with Gasteiger partial charge in [-0.05, 0) is 6.07 Å². The Morgan fingerprint density at radius 1 is 1.05 bits per heavy atom. The van der Waals surface area contributed by atoms with Crippen LogP contribution in [0.15, 0.2) is 41.0 Å². The number of aromatic nitrogens is 1. The summed E-state index contributed by atoms with van der Waals surface area (Å²) in [6.07, 6.45) is -8.83. The van der Waals surface area contributed by atoms with Crippen LogP contribution in [0.5, 0.6) is 0 Å². The van der Waals surface area contributed by atoms with E-state index in [-0.39, 0.29) is 24.7 Å². The van der Waals surface area contributed by atoms with Crippen LogP contribution < -0.4 is 26.7 Å². The molecule has 244 valence electrons. The van der Waals surface area contributed by atoms with Crippen LogP contribution in [0.4, 0.5) is 0 Å². The lowest BCUT2D eigenvalue weighted by Crippen LogP contribution is -2.46. The van der Waals surface area contributed by atoms with Crippen LogP contribution in [0, 0.1) is 0 Å². The molecule has 4 aliphatic heterocycles. The number of carbonyl (C=O) groups excluding carboxylic acids is 1. The smallest absolute Gasteiger partial charge is 0.387 e.